The van der Waals surface area contributed by atoms with Crippen LogP contribution in [0.25, 0.3) is 11.1 Å². The van der Waals surface area contributed by atoms with Gasteiger partial charge < -0.3 is 9.84 Å². The first-order valence-electron chi connectivity index (χ1n) is 5.40. The van der Waals surface area contributed by atoms with Crippen molar-refractivity contribution in [2.75, 3.05) is 0 Å². The van der Waals surface area contributed by atoms with E-state index >= 15 is 0 Å². The molecule has 0 aliphatic heterocycles. The summed E-state index contributed by atoms with van der Waals surface area (Å²) < 4.78 is 39.8. The molecule has 19 heavy (non-hydrogen) atoms. The van der Waals surface area contributed by atoms with Gasteiger partial charge in [-0.25, -0.2) is 0 Å². The molecule has 3 nitrogen and oxygen atoms in total. The summed E-state index contributed by atoms with van der Waals surface area (Å²) in [7, 11) is 0. The first-order chi connectivity index (χ1) is 8.98. The quantitative estimate of drug-likeness (QED) is 0.930. The highest BCUT2D eigenvalue weighted by atomic mass is 19.4. The van der Waals surface area contributed by atoms with E-state index in [9.17, 15) is 13.2 Å². The number of benzene rings is 1. The molecule has 0 amide bonds. The smallest absolute Gasteiger partial charge is 0.406 e. The monoisotopic (exact) mass is 269 g/mol. The first kappa shape index (κ1) is 13.4. The fraction of sp³-hybridized carbons (Fsp3) is 0.154. The van der Waals surface area contributed by atoms with Crippen molar-refractivity contribution >= 4 is 0 Å². The van der Waals surface area contributed by atoms with Crippen LogP contribution >= 0.6 is 0 Å². The highest BCUT2D eigenvalue weighted by Gasteiger charge is 2.30. The number of ether oxygens (including phenoxy) is 1. The zero-order chi connectivity index (χ0) is 13.9. The van der Waals surface area contributed by atoms with Crippen molar-refractivity contribution < 1.29 is 23.0 Å². The van der Waals surface area contributed by atoms with Crippen LogP contribution in [0.4, 0.5) is 13.2 Å². The number of hydrogen-bond donors (Lipinski definition) is 1. The third-order valence-electron chi connectivity index (χ3n) is 2.41. The minimum Gasteiger partial charge on any atom is -0.406 e. The fourth-order valence-corrected chi connectivity index (χ4v) is 1.54. The maximum absolute atomic E-state index is 12.0. The van der Waals surface area contributed by atoms with E-state index in [0.717, 1.165) is 5.56 Å². The second kappa shape index (κ2) is 5.27. The Kier molecular flexibility index (Phi) is 3.71. The average Bonchev–Trinajstić information content (AvgIpc) is 2.38. The number of hydrogen-bond acceptors (Lipinski definition) is 3. The molecule has 0 saturated heterocycles. The van der Waals surface area contributed by atoms with Gasteiger partial charge in [0.25, 0.3) is 0 Å². The summed E-state index contributed by atoms with van der Waals surface area (Å²) in [5, 5.41) is 8.86. The Labute approximate surface area is 107 Å². The largest absolute Gasteiger partial charge is 0.573 e. The molecule has 0 bridgehead atoms. The van der Waals surface area contributed by atoms with E-state index in [0.29, 0.717) is 11.3 Å². The summed E-state index contributed by atoms with van der Waals surface area (Å²) >= 11 is 0. The molecule has 2 rings (SSSR count). The van der Waals surface area contributed by atoms with Gasteiger partial charge in [-0.2, -0.15) is 0 Å². The fourth-order valence-electron chi connectivity index (χ4n) is 1.54. The molecular formula is C13H10F3NO2. The number of aliphatic hydroxyl groups is 1. The number of aromatic nitrogens is 1. The van der Waals surface area contributed by atoms with Crippen molar-refractivity contribution in [2.24, 2.45) is 0 Å². The predicted octanol–water partition coefficient (Wildman–Crippen LogP) is 3.14. The Bertz CT molecular complexity index is 535. The second-order valence-corrected chi connectivity index (χ2v) is 3.77. The van der Waals surface area contributed by atoms with Crippen LogP contribution in [0.5, 0.6) is 5.75 Å². The van der Waals surface area contributed by atoms with Crippen molar-refractivity contribution in [3.8, 4) is 16.9 Å². The molecule has 6 heteroatoms. The van der Waals surface area contributed by atoms with E-state index < -0.39 is 6.36 Å². The summed E-state index contributed by atoms with van der Waals surface area (Å²) in [5.41, 5.74) is 1.99. The lowest BCUT2D eigenvalue weighted by Gasteiger charge is -2.09. The van der Waals surface area contributed by atoms with Crippen LogP contribution in [0, 0.1) is 0 Å². The maximum atomic E-state index is 12.0. The Hall–Kier alpha value is -2.08. The van der Waals surface area contributed by atoms with Crippen molar-refractivity contribution in [1.29, 1.82) is 0 Å². The Morgan fingerprint density at radius 3 is 2.11 bits per heavy atom. The molecule has 0 atom stereocenters. The minimum absolute atomic E-state index is 0.154. The van der Waals surface area contributed by atoms with Crippen molar-refractivity contribution in [3.63, 3.8) is 0 Å². The molecule has 0 aliphatic rings. The van der Waals surface area contributed by atoms with Crippen molar-refractivity contribution in [3.05, 3.63) is 48.3 Å². The number of aliphatic hydroxyl groups excluding tert-OH is 1. The zero-order valence-corrected chi connectivity index (χ0v) is 9.69. The Morgan fingerprint density at radius 2 is 1.63 bits per heavy atom. The molecule has 0 fully saturated rings. The van der Waals surface area contributed by atoms with Crippen LogP contribution in [0.15, 0.2) is 42.6 Å². The third kappa shape index (κ3) is 3.69. The van der Waals surface area contributed by atoms with Crippen molar-refractivity contribution in [2.45, 2.75) is 13.0 Å². The summed E-state index contributed by atoms with van der Waals surface area (Å²) in [5.74, 6) is -0.267. The zero-order valence-electron chi connectivity index (χ0n) is 9.69. The van der Waals surface area contributed by atoms with Crippen LogP contribution in [-0.2, 0) is 6.61 Å². The second-order valence-electron chi connectivity index (χ2n) is 3.77. The van der Waals surface area contributed by atoms with E-state index in [-0.39, 0.29) is 12.4 Å². The Balaban J connectivity index is 2.17. The molecule has 1 heterocycles. The molecule has 0 spiro atoms. The summed E-state index contributed by atoms with van der Waals surface area (Å²) in [6, 6.07) is 8.88. The van der Waals surface area contributed by atoms with Gasteiger partial charge in [0.2, 0.25) is 0 Å². The van der Waals surface area contributed by atoms with Crippen LogP contribution in [0.2, 0.25) is 0 Å². The lowest BCUT2D eigenvalue weighted by Crippen LogP contribution is -2.16. The first-order valence-corrected chi connectivity index (χ1v) is 5.40. The molecule has 0 aliphatic carbocycles. The van der Waals surface area contributed by atoms with E-state index in [2.05, 4.69) is 9.72 Å². The molecule has 0 radical (unpaired) electrons. The van der Waals surface area contributed by atoms with Crippen LogP contribution in [0.3, 0.4) is 0 Å². The molecule has 1 aromatic heterocycles. The molecule has 1 aromatic carbocycles. The molecule has 100 valence electrons. The van der Waals surface area contributed by atoms with Gasteiger partial charge in [0.15, 0.2) is 0 Å². The van der Waals surface area contributed by atoms with Crippen LogP contribution in [0.1, 0.15) is 5.69 Å². The normalized spacial score (nSPS) is 11.4. The van der Waals surface area contributed by atoms with E-state index in [1.165, 1.54) is 24.3 Å². The van der Waals surface area contributed by atoms with Gasteiger partial charge >= 0.3 is 6.36 Å². The SMILES string of the molecule is OCc1ccc(-c2ccc(OC(F)(F)F)cc2)cn1. The molecule has 0 unspecified atom stereocenters. The number of pyridine rings is 1. The van der Waals surface area contributed by atoms with Crippen LogP contribution < -0.4 is 4.74 Å². The predicted molar refractivity (Wildman–Crippen MR) is 62.3 cm³/mol. The summed E-state index contributed by atoms with van der Waals surface area (Å²) in [6.07, 6.45) is -3.14. The third-order valence-corrected chi connectivity index (χ3v) is 2.41. The van der Waals surface area contributed by atoms with Gasteiger partial charge in [-0.1, -0.05) is 18.2 Å². The average molecular weight is 269 g/mol. The lowest BCUT2D eigenvalue weighted by atomic mass is 10.1. The van der Waals surface area contributed by atoms with Gasteiger partial charge in [-0.05, 0) is 23.8 Å². The number of rotatable bonds is 3. The van der Waals surface area contributed by atoms with Gasteiger partial charge in [0, 0.05) is 11.8 Å². The van der Waals surface area contributed by atoms with E-state index in [1.54, 1.807) is 18.3 Å². The molecule has 0 saturated carbocycles. The topological polar surface area (TPSA) is 42.4 Å². The van der Waals surface area contributed by atoms with Crippen molar-refractivity contribution in [1.82, 2.24) is 4.98 Å². The Morgan fingerprint density at radius 1 is 1.00 bits per heavy atom. The highest BCUT2D eigenvalue weighted by Crippen LogP contribution is 2.26. The molecule has 1 N–H and O–H groups in total. The van der Waals surface area contributed by atoms with Gasteiger partial charge in [0.05, 0.1) is 12.3 Å². The number of nitrogens with zero attached hydrogens (tertiary/aromatic N) is 1. The minimum atomic E-state index is -4.69. The van der Waals surface area contributed by atoms with Gasteiger partial charge in [-0.15, -0.1) is 13.2 Å². The number of halogens is 3. The molecular weight excluding hydrogens is 259 g/mol. The summed E-state index contributed by atoms with van der Waals surface area (Å²) in [6.45, 7) is -0.154. The lowest BCUT2D eigenvalue weighted by molar-refractivity contribution is -0.274. The summed E-state index contributed by atoms with van der Waals surface area (Å²) in [4.78, 5) is 3.99. The maximum Gasteiger partial charge on any atom is 0.573 e. The van der Waals surface area contributed by atoms with Gasteiger partial charge in [0.1, 0.15) is 5.75 Å². The number of alkyl halides is 3. The standard InChI is InChI=1S/C13H10F3NO2/c14-13(15,16)19-12-5-2-9(3-6-12)10-1-4-11(8-18)17-7-10/h1-7,18H,8H2. The molecule has 2 aromatic rings. The van der Waals surface area contributed by atoms with Crippen LogP contribution in [-0.4, -0.2) is 16.5 Å². The van der Waals surface area contributed by atoms with E-state index in [4.69, 9.17) is 5.11 Å². The van der Waals surface area contributed by atoms with Gasteiger partial charge in [-0.3, -0.25) is 4.98 Å². The van der Waals surface area contributed by atoms with E-state index in [1.807, 2.05) is 0 Å². The highest BCUT2D eigenvalue weighted by molar-refractivity contribution is 5.63.